The number of benzene rings is 2. The summed E-state index contributed by atoms with van der Waals surface area (Å²) in [6.45, 7) is 0. The summed E-state index contributed by atoms with van der Waals surface area (Å²) >= 11 is 0. The van der Waals surface area contributed by atoms with E-state index in [0.717, 1.165) is 22.8 Å². The van der Waals surface area contributed by atoms with Crippen molar-refractivity contribution in [1.29, 1.82) is 0 Å². The highest BCUT2D eigenvalue weighted by molar-refractivity contribution is 5.76. The van der Waals surface area contributed by atoms with E-state index in [4.69, 9.17) is 15.7 Å². The lowest BCUT2D eigenvalue weighted by molar-refractivity contribution is -0.137. The Bertz CT molecular complexity index is 1250. The van der Waals surface area contributed by atoms with Gasteiger partial charge in [-0.05, 0) is 54.6 Å². The van der Waals surface area contributed by atoms with Gasteiger partial charge in [0.25, 0.3) is 0 Å². The predicted molar refractivity (Wildman–Crippen MR) is 117 cm³/mol. The van der Waals surface area contributed by atoms with Crippen LogP contribution in [0.3, 0.4) is 0 Å². The van der Waals surface area contributed by atoms with Crippen LogP contribution in [0.5, 0.6) is 11.5 Å². The monoisotopic (exact) mass is 459 g/mol. The molecule has 0 saturated carbocycles. The van der Waals surface area contributed by atoms with Crippen LogP contribution in [0.4, 0.5) is 24.7 Å². The molecule has 4 rings (SSSR count). The summed E-state index contributed by atoms with van der Waals surface area (Å²) in [5, 5.41) is 19.2. The van der Waals surface area contributed by atoms with Crippen LogP contribution >= 0.6 is 0 Å². The predicted octanol–water partition coefficient (Wildman–Crippen LogP) is 4.52. The Kier molecular flexibility index (Phi) is 6.83. The van der Waals surface area contributed by atoms with Crippen LogP contribution in [0.15, 0.2) is 60.8 Å². The number of phenols is 1. The normalized spacial score (nSPS) is 11.0. The molecule has 2 aromatic carbocycles. The molecule has 0 atom stereocenters. The number of fused-ring (bicyclic) bond motifs is 1. The maximum absolute atomic E-state index is 12.0. The molecule has 0 aliphatic rings. The largest absolute Gasteiger partial charge is 0.504 e. The van der Waals surface area contributed by atoms with Gasteiger partial charge in [0.1, 0.15) is 11.3 Å². The van der Waals surface area contributed by atoms with Gasteiger partial charge in [-0.3, -0.25) is 10.3 Å². The van der Waals surface area contributed by atoms with Crippen molar-refractivity contribution < 1.29 is 28.2 Å². The third kappa shape index (κ3) is 5.77. The third-order valence-corrected chi connectivity index (χ3v) is 4.47. The number of hydrogen-bond donors (Lipinski definition) is 3. The number of rotatable bonds is 3. The van der Waals surface area contributed by atoms with Crippen LogP contribution in [0.25, 0.3) is 22.4 Å². The highest BCUT2D eigenvalue weighted by Gasteiger charge is 2.30. The third-order valence-electron chi connectivity index (χ3n) is 4.47. The molecule has 0 amide bonds. The zero-order valence-electron chi connectivity index (χ0n) is 17.6. The first kappa shape index (κ1) is 23.5. The lowest BCUT2D eigenvalue weighted by Crippen LogP contribution is -2.10. The Morgan fingerprint density at radius 1 is 1.00 bits per heavy atom. The molecule has 172 valence electrons. The summed E-state index contributed by atoms with van der Waals surface area (Å²) in [5.74, 6) is 0.801. The number of methoxy groups -OCH3 is 1. The van der Waals surface area contributed by atoms with E-state index in [1.54, 1.807) is 18.2 Å². The average Bonchev–Trinajstić information content (AvgIpc) is 2.79. The van der Waals surface area contributed by atoms with Gasteiger partial charge in [-0.1, -0.05) is 0 Å². The molecule has 0 saturated heterocycles. The van der Waals surface area contributed by atoms with Gasteiger partial charge in [-0.2, -0.15) is 13.2 Å². The van der Waals surface area contributed by atoms with Gasteiger partial charge < -0.3 is 15.6 Å². The Balaban J connectivity index is 0.000000205. The minimum Gasteiger partial charge on any atom is -0.504 e. The molecule has 0 aliphatic heterocycles. The zero-order chi connectivity index (χ0) is 24.2. The zero-order valence-corrected chi connectivity index (χ0v) is 17.6. The van der Waals surface area contributed by atoms with Crippen LogP contribution in [-0.2, 0) is 6.18 Å². The first-order chi connectivity index (χ1) is 15.6. The molecule has 0 fully saturated rings. The van der Waals surface area contributed by atoms with Crippen molar-refractivity contribution in [2.24, 2.45) is 0 Å². The fraction of sp³-hybridized carbons (Fsp3) is 0.136. The lowest BCUT2D eigenvalue weighted by Gasteiger charge is -2.11. The van der Waals surface area contributed by atoms with E-state index in [9.17, 15) is 18.3 Å². The van der Waals surface area contributed by atoms with E-state index in [-0.39, 0.29) is 5.75 Å². The number of halogens is 3. The van der Waals surface area contributed by atoms with Crippen LogP contribution in [0.2, 0.25) is 0 Å². The summed E-state index contributed by atoms with van der Waals surface area (Å²) in [7, 11) is 2.83. The SMILES string of the molecule is CN(O)c1ccc(C(F)(F)F)cc1.COc1cc(-c2ccc3ncc(N)nc3n2)ccc1O. The second-order valence-corrected chi connectivity index (χ2v) is 6.79. The maximum atomic E-state index is 12.0. The second-order valence-electron chi connectivity index (χ2n) is 6.79. The van der Waals surface area contributed by atoms with Gasteiger partial charge in [0.2, 0.25) is 0 Å². The van der Waals surface area contributed by atoms with Crippen molar-refractivity contribution in [3.63, 3.8) is 0 Å². The molecule has 33 heavy (non-hydrogen) atoms. The summed E-state index contributed by atoms with van der Waals surface area (Å²) in [5.41, 5.74) is 7.87. The summed E-state index contributed by atoms with van der Waals surface area (Å²) in [6, 6.07) is 12.9. The molecule has 0 unspecified atom stereocenters. The number of aromatic nitrogens is 3. The first-order valence-corrected chi connectivity index (χ1v) is 9.45. The second kappa shape index (κ2) is 9.57. The van der Waals surface area contributed by atoms with E-state index in [1.165, 1.54) is 32.5 Å². The molecule has 2 heterocycles. The van der Waals surface area contributed by atoms with Crippen molar-refractivity contribution in [2.45, 2.75) is 6.18 Å². The van der Waals surface area contributed by atoms with Gasteiger partial charge in [0.15, 0.2) is 17.1 Å². The molecule has 4 N–H and O–H groups in total. The number of pyridine rings is 1. The van der Waals surface area contributed by atoms with E-state index < -0.39 is 11.7 Å². The Hall–Kier alpha value is -4.12. The standard InChI is InChI=1S/C14H12N4O2.C8H8F3NO/c1-20-12-6-8(2-5-11(12)19)9-3-4-10-14(17-9)18-13(15)7-16-10;1-12(13)7-4-2-6(3-5-7)8(9,10)11/h2-7,19H,1H3,(H2,15,17,18);2-5,13H,1H3. The minimum absolute atomic E-state index is 0.0843. The van der Waals surface area contributed by atoms with Crippen LogP contribution in [-0.4, -0.2) is 39.4 Å². The van der Waals surface area contributed by atoms with Crippen molar-refractivity contribution in [3.05, 3.63) is 66.4 Å². The number of hydrogen-bond acceptors (Lipinski definition) is 8. The lowest BCUT2D eigenvalue weighted by atomic mass is 10.1. The van der Waals surface area contributed by atoms with Gasteiger partial charge in [0, 0.05) is 12.6 Å². The smallest absolute Gasteiger partial charge is 0.416 e. The molecule has 0 spiro atoms. The van der Waals surface area contributed by atoms with Gasteiger partial charge >= 0.3 is 6.18 Å². The number of ether oxygens (including phenoxy) is 1. The quantitative estimate of drug-likeness (QED) is 0.383. The number of hydroxylamine groups is 1. The van der Waals surface area contributed by atoms with Crippen molar-refractivity contribution in [2.75, 3.05) is 25.0 Å². The highest BCUT2D eigenvalue weighted by Crippen LogP contribution is 2.31. The molecule has 0 bridgehead atoms. The molecular weight excluding hydrogens is 439 g/mol. The Morgan fingerprint density at radius 2 is 1.70 bits per heavy atom. The number of nitrogens with two attached hydrogens (primary N) is 1. The van der Waals surface area contributed by atoms with E-state index in [1.807, 2.05) is 12.1 Å². The number of anilines is 2. The number of nitrogen functional groups attached to an aromatic ring is 1. The Labute approximate surface area is 186 Å². The van der Waals surface area contributed by atoms with Crippen molar-refractivity contribution in [3.8, 4) is 22.8 Å². The summed E-state index contributed by atoms with van der Waals surface area (Å²) < 4.78 is 41.2. The topological polar surface area (TPSA) is 118 Å². The Morgan fingerprint density at radius 3 is 2.30 bits per heavy atom. The number of phenolic OH excluding ortho intramolecular Hbond substituents is 1. The molecule has 0 aliphatic carbocycles. The maximum Gasteiger partial charge on any atom is 0.416 e. The summed E-state index contributed by atoms with van der Waals surface area (Å²) in [6.07, 6.45) is -2.83. The number of nitrogens with zero attached hydrogens (tertiary/aromatic N) is 4. The van der Waals surface area contributed by atoms with Gasteiger partial charge in [-0.25, -0.2) is 15.0 Å². The highest BCUT2D eigenvalue weighted by atomic mass is 19.4. The van der Waals surface area contributed by atoms with Crippen molar-refractivity contribution in [1.82, 2.24) is 15.0 Å². The van der Waals surface area contributed by atoms with Crippen LogP contribution in [0, 0.1) is 0 Å². The summed E-state index contributed by atoms with van der Waals surface area (Å²) in [4.78, 5) is 12.7. The fourth-order valence-electron chi connectivity index (χ4n) is 2.77. The van der Waals surface area contributed by atoms with E-state index in [2.05, 4.69) is 15.0 Å². The molecular formula is C22H20F3N5O3. The van der Waals surface area contributed by atoms with Crippen molar-refractivity contribution >= 4 is 22.7 Å². The minimum atomic E-state index is -4.33. The fourth-order valence-corrected chi connectivity index (χ4v) is 2.77. The van der Waals surface area contributed by atoms with E-state index >= 15 is 0 Å². The van der Waals surface area contributed by atoms with Gasteiger partial charge in [-0.15, -0.1) is 0 Å². The number of aromatic hydroxyl groups is 1. The molecule has 11 heteroatoms. The molecule has 0 radical (unpaired) electrons. The van der Waals surface area contributed by atoms with Crippen LogP contribution < -0.4 is 15.5 Å². The molecule has 4 aromatic rings. The van der Waals surface area contributed by atoms with Gasteiger partial charge in [0.05, 0.1) is 30.3 Å². The average molecular weight is 459 g/mol. The first-order valence-electron chi connectivity index (χ1n) is 9.45. The van der Waals surface area contributed by atoms with Crippen LogP contribution in [0.1, 0.15) is 5.56 Å². The molecule has 8 nitrogen and oxygen atoms in total. The molecule has 2 aromatic heterocycles. The van der Waals surface area contributed by atoms with E-state index in [0.29, 0.717) is 34.1 Å². The number of alkyl halides is 3.